The smallest absolute Gasteiger partial charge is 0.337 e. The number of carbonyl (C=O) groups is 1. The number of non-ortho nitro benzene ring substituents is 1. The molecular formula is C26H19ClN4O5. The van der Waals surface area contributed by atoms with Crippen LogP contribution in [-0.4, -0.2) is 39.6 Å². The lowest BCUT2D eigenvalue weighted by atomic mass is 10.1. The topological polar surface area (TPSA) is 109 Å². The minimum absolute atomic E-state index is 0.0752. The molecule has 0 aliphatic heterocycles. The summed E-state index contributed by atoms with van der Waals surface area (Å²) in [7, 11) is 2.93. The molecule has 0 saturated heterocycles. The fourth-order valence-electron chi connectivity index (χ4n) is 4.14. The zero-order valence-electron chi connectivity index (χ0n) is 19.3. The number of hydrogen-bond donors (Lipinski definition) is 0. The van der Waals surface area contributed by atoms with E-state index in [1.807, 2.05) is 28.8 Å². The number of aromatic nitrogens is 3. The summed E-state index contributed by atoms with van der Waals surface area (Å²) in [4.78, 5) is 32.3. The third-order valence-corrected chi connectivity index (χ3v) is 6.17. The number of benzene rings is 3. The summed E-state index contributed by atoms with van der Waals surface area (Å²) < 4.78 is 12.1. The van der Waals surface area contributed by atoms with E-state index in [0.29, 0.717) is 28.7 Å². The van der Waals surface area contributed by atoms with E-state index in [4.69, 9.17) is 26.1 Å². The van der Waals surface area contributed by atoms with E-state index in [9.17, 15) is 14.9 Å². The minimum Gasteiger partial charge on any atom is -0.497 e. The van der Waals surface area contributed by atoms with Crippen molar-refractivity contribution in [1.29, 1.82) is 0 Å². The number of hydrogen-bond acceptors (Lipinski definition) is 7. The van der Waals surface area contributed by atoms with Gasteiger partial charge in [0.15, 0.2) is 5.82 Å². The van der Waals surface area contributed by atoms with Gasteiger partial charge in [-0.2, -0.15) is 0 Å². The molecule has 2 aromatic heterocycles. The Bertz CT molecular complexity index is 1650. The first-order valence-corrected chi connectivity index (χ1v) is 11.2. The van der Waals surface area contributed by atoms with E-state index in [2.05, 4.69) is 4.98 Å². The van der Waals surface area contributed by atoms with Crippen molar-refractivity contribution in [3.05, 3.63) is 93.1 Å². The van der Waals surface area contributed by atoms with E-state index in [1.54, 1.807) is 37.4 Å². The largest absolute Gasteiger partial charge is 0.497 e. The summed E-state index contributed by atoms with van der Waals surface area (Å²) in [5, 5.41) is 12.9. The molecule has 0 fully saturated rings. The molecule has 5 rings (SSSR count). The third-order valence-electron chi connectivity index (χ3n) is 5.90. The van der Waals surface area contributed by atoms with Crippen LogP contribution in [0.25, 0.3) is 33.3 Å². The molecule has 0 saturated carbocycles. The van der Waals surface area contributed by atoms with Crippen molar-refractivity contribution in [1.82, 2.24) is 14.5 Å². The van der Waals surface area contributed by atoms with Crippen LogP contribution in [0.2, 0.25) is 5.15 Å². The number of rotatable bonds is 6. The van der Waals surface area contributed by atoms with Crippen molar-refractivity contribution >= 4 is 45.2 Å². The number of nitro benzene ring substituents is 1. The quantitative estimate of drug-likeness (QED) is 0.127. The molecule has 0 radical (unpaired) electrons. The monoisotopic (exact) mass is 502 g/mol. The van der Waals surface area contributed by atoms with Crippen LogP contribution in [0.15, 0.2) is 66.7 Å². The van der Waals surface area contributed by atoms with Gasteiger partial charge in [-0.3, -0.25) is 10.1 Å². The molecule has 10 heteroatoms. The van der Waals surface area contributed by atoms with Crippen molar-refractivity contribution in [2.45, 2.75) is 6.54 Å². The lowest BCUT2D eigenvalue weighted by Gasteiger charge is -2.10. The van der Waals surface area contributed by atoms with Crippen LogP contribution in [0.4, 0.5) is 5.69 Å². The zero-order chi connectivity index (χ0) is 25.4. The van der Waals surface area contributed by atoms with Crippen LogP contribution < -0.4 is 4.74 Å². The van der Waals surface area contributed by atoms with Crippen LogP contribution in [0, 0.1) is 10.1 Å². The standard InChI is InChI=1S/C26H19ClN4O5/c1-35-19-9-6-15(7-10-19)14-30-21-13-17(26(32)36-2)8-11-20(21)22-23(27)28-24(29-25(22)30)16-4-3-5-18(12-16)31(33)34/h3-13H,14H2,1-2H3. The number of nitrogens with zero attached hydrogens (tertiary/aromatic N) is 4. The Kier molecular flexibility index (Phi) is 5.99. The van der Waals surface area contributed by atoms with Gasteiger partial charge in [-0.25, -0.2) is 14.8 Å². The highest BCUT2D eigenvalue weighted by Crippen LogP contribution is 2.35. The molecule has 0 unspecified atom stereocenters. The van der Waals surface area contributed by atoms with Gasteiger partial charge in [-0.15, -0.1) is 0 Å². The molecule has 0 spiro atoms. The van der Waals surface area contributed by atoms with Crippen molar-refractivity contribution in [3.63, 3.8) is 0 Å². The molecule has 0 N–H and O–H groups in total. The molecule has 0 atom stereocenters. The first-order valence-electron chi connectivity index (χ1n) is 10.8. The first-order chi connectivity index (χ1) is 17.4. The van der Waals surface area contributed by atoms with Gasteiger partial charge < -0.3 is 14.0 Å². The molecule has 2 heterocycles. The second-order valence-corrected chi connectivity index (χ2v) is 8.36. The van der Waals surface area contributed by atoms with Crippen molar-refractivity contribution < 1.29 is 19.2 Å². The SMILES string of the molecule is COC(=O)c1ccc2c3c(Cl)nc(-c4cccc([N+](=O)[O-])c4)nc3n(Cc3ccc(OC)cc3)c2c1. The number of ether oxygens (including phenoxy) is 2. The van der Waals surface area contributed by atoms with Gasteiger partial charge in [0.05, 0.1) is 35.6 Å². The molecular weight excluding hydrogens is 484 g/mol. The van der Waals surface area contributed by atoms with Crippen molar-refractivity contribution in [3.8, 4) is 17.1 Å². The van der Waals surface area contributed by atoms with Crippen LogP contribution in [-0.2, 0) is 11.3 Å². The van der Waals surface area contributed by atoms with Gasteiger partial charge in [0.2, 0.25) is 0 Å². The number of halogens is 1. The number of fused-ring (bicyclic) bond motifs is 3. The molecule has 0 aliphatic rings. The average molecular weight is 503 g/mol. The summed E-state index contributed by atoms with van der Waals surface area (Å²) in [5.41, 5.74) is 2.98. The van der Waals surface area contributed by atoms with Gasteiger partial charge in [0, 0.05) is 29.6 Å². The highest BCUT2D eigenvalue weighted by Gasteiger charge is 2.20. The summed E-state index contributed by atoms with van der Waals surface area (Å²) in [6, 6.07) is 18.8. The van der Waals surface area contributed by atoms with Gasteiger partial charge in [0.1, 0.15) is 16.5 Å². The second kappa shape index (κ2) is 9.27. The number of methoxy groups -OCH3 is 2. The Balaban J connectivity index is 1.76. The predicted molar refractivity (Wildman–Crippen MR) is 136 cm³/mol. The second-order valence-electron chi connectivity index (χ2n) is 8.00. The Morgan fingerprint density at radius 2 is 1.83 bits per heavy atom. The fourth-order valence-corrected chi connectivity index (χ4v) is 4.40. The third kappa shape index (κ3) is 4.09. The predicted octanol–water partition coefficient (Wildman–Crippen LogP) is 5.66. The minimum atomic E-state index is -0.474. The average Bonchev–Trinajstić information content (AvgIpc) is 3.21. The summed E-state index contributed by atoms with van der Waals surface area (Å²) >= 11 is 6.67. The van der Waals surface area contributed by atoms with Gasteiger partial charge in [-0.05, 0) is 29.8 Å². The van der Waals surface area contributed by atoms with Gasteiger partial charge in [0.25, 0.3) is 5.69 Å². The number of nitro groups is 1. The maximum Gasteiger partial charge on any atom is 0.337 e. The Morgan fingerprint density at radius 1 is 1.06 bits per heavy atom. The molecule has 5 aromatic rings. The number of esters is 1. The zero-order valence-corrected chi connectivity index (χ0v) is 20.0. The molecule has 0 aliphatic carbocycles. The van der Waals surface area contributed by atoms with E-state index in [0.717, 1.165) is 22.2 Å². The Labute approximate surface area is 210 Å². The summed E-state index contributed by atoms with van der Waals surface area (Å²) in [6.45, 7) is 0.413. The maximum atomic E-state index is 12.3. The van der Waals surface area contributed by atoms with Gasteiger partial charge in [-0.1, -0.05) is 41.9 Å². The summed E-state index contributed by atoms with van der Waals surface area (Å²) in [5.74, 6) is 0.517. The molecule has 9 nitrogen and oxygen atoms in total. The summed E-state index contributed by atoms with van der Waals surface area (Å²) in [6.07, 6.45) is 0. The van der Waals surface area contributed by atoms with Crippen LogP contribution in [0.5, 0.6) is 5.75 Å². The van der Waals surface area contributed by atoms with Crippen LogP contribution in [0.1, 0.15) is 15.9 Å². The molecule has 3 aromatic carbocycles. The molecule has 0 bridgehead atoms. The van der Waals surface area contributed by atoms with Crippen molar-refractivity contribution in [2.24, 2.45) is 0 Å². The van der Waals surface area contributed by atoms with Crippen LogP contribution in [0.3, 0.4) is 0 Å². The lowest BCUT2D eigenvalue weighted by Crippen LogP contribution is -2.04. The molecule has 180 valence electrons. The van der Waals surface area contributed by atoms with E-state index >= 15 is 0 Å². The first kappa shape index (κ1) is 23.3. The Hall–Kier alpha value is -4.50. The van der Waals surface area contributed by atoms with E-state index in [-0.39, 0.29) is 16.7 Å². The van der Waals surface area contributed by atoms with E-state index < -0.39 is 10.9 Å². The highest BCUT2D eigenvalue weighted by atomic mass is 35.5. The Morgan fingerprint density at radius 3 is 2.53 bits per heavy atom. The highest BCUT2D eigenvalue weighted by molar-refractivity contribution is 6.36. The molecule has 36 heavy (non-hydrogen) atoms. The lowest BCUT2D eigenvalue weighted by molar-refractivity contribution is -0.384. The fraction of sp³-hybridized carbons (Fsp3) is 0.115. The number of carbonyl (C=O) groups excluding carboxylic acids is 1. The van der Waals surface area contributed by atoms with E-state index in [1.165, 1.54) is 19.2 Å². The normalized spacial score (nSPS) is 11.1. The van der Waals surface area contributed by atoms with Crippen molar-refractivity contribution in [2.75, 3.05) is 14.2 Å². The van der Waals surface area contributed by atoms with Gasteiger partial charge >= 0.3 is 5.97 Å². The van der Waals surface area contributed by atoms with Crippen LogP contribution >= 0.6 is 11.6 Å². The maximum absolute atomic E-state index is 12.3. The molecule has 0 amide bonds.